The molecule has 1 amide bonds. The summed E-state index contributed by atoms with van der Waals surface area (Å²) in [6.45, 7) is 1.10. The zero-order valence-corrected chi connectivity index (χ0v) is 12.3. The normalized spacial score (nSPS) is 22.4. The number of nitrogens with two attached hydrogens (primary N) is 1. The van der Waals surface area contributed by atoms with Crippen LogP contribution in [-0.2, 0) is 4.79 Å². The second-order valence-electron chi connectivity index (χ2n) is 6.15. The lowest BCUT2D eigenvalue weighted by molar-refractivity contribution is -0.118. The summed E-state index contributed by atoms with van der Waals surface area (Å²) in [4.78, 5) is 15.9. The molecule has 4 nitrogen and oxygen atoms in total. The van der Waals surface area contributed by atoms with Crippen LogP contribution in [0, 0.1) is 5.92 Å². The third-order valence-corrected chi connectivity index (χ3v) is 4.75. The lowest BCUT2D eigenvalue weighted by Gasteiger charge is -2.24. The molecule has 20 heavy (non-hydrogen) atoms. The molecule has 1 aliphatic heterocycles. The highest BCUT2D eigenvalue weighted by Crippen LogP contribution is 2.36. The molecule has 3 rings (SSSR count). The largest absolute Gasteiger partial charge is 0.374 e. The lowest BCUT2D eigenvalue weighted by Crippen LogP contribution is -2.28. The molecule has 1 saturated carbocycles. The van der Waals surface area contributed by atoms with Crippen molar-refractivity contribution in [2.75, 3.05) is 30.4 Å². The van der Waals surface area contributed by atoms with Crippen LogP contribution < -0.4 is 15.5 Å². The average molecular weight is 273 g/mol. The van der Waals surface area contributed by atoms with Crippen molar-refractivity contribution < 1.29 is 4.79 Å². The second kappa shape index (κ2) is 5.09. The number of hydrogen-bond donors (Lipinski definition) is 1. The van der Waals surface area contributed by atoms with Gasteiger partial charge in [0.05, 0.1) is 5.69 Å². The van der Waals surface area contributed by atoms with Crippen molar-refractivity contribution >= 4 is 17.3 Å². The molecule has 4 heteroatoms. The molecule has 1 aromatic rings. The standard InChI is InChI=1S/C16H23N3O/c1-18(10-11-5-3-4-6-11)12-7-8-13-14(9-12)19(2)16(20)15(13)17/h7-9,11,15H,3-6,10,17H2,1-2H3. The van der Waals surface area contributed by atoms with E-state index in [-0.39, 0.29) is 5.91 Å². The molecule has 0 spiro atoms. The fourth-order valence-electron chi connectivity index (χ4n) is 3.47. The topological polar surface area (TPSA) is 49.6 Å². The maximum atomic E-state index is 11.9. The van der Waals surface area contributed by atoms with E-state index < -0.39 is 6.04 Å². The van der Waals surface area contributed by atoms with E-state index in [2.05, 4.69) is 24.1 Å². The van der Waals surface area contributed by atoms with Gasteiger partial charge in [-0.25, -0.2) is 0 Å². The zero-order valence-electron chi connectivity index (χ0n) is 12.3. The summed E-state index contributed by atoms with van der Waals surface area (Å²) >= 11 is 0. The second-order valence-corrected chi connectivity index (χ2v) is 6.15. The Kier molecular flexibility index (Phi) is 3.42. The Labute approximate surface area is 120 Å². The van der Waals surface area contributed by atoms with Crippen LogP contribution in [0.1, 0.15) is 37.3 Å². The van der Waals surface area contributed by atoms with Gasteiger partial charge in [0.25, 0.3) is 0 Å². The SMILES string of the molecule is CN(CC1CCCC1)c1ccc2c(c1)N(C)C(=O)C2N. The Morgan fingerprint density at radius 3 is 2.75 bits per heavy atom. The highest BCUT2D eigenvalue weighted by atomic mass is 16.2. The van der Waals surface area contributed by atoms with Gasteiger partial charge >= 0.3 is 0 Å². The van der Waals surface area contributed by atoms with E-state index in [1.807, 2.05) is 6.07 Å². The molecule has 2 N–H and O–H groups in total. The average Bonchev–Trinajstić information content (AvgIpc) is 3.03. The van der Waals surface area contributed by atoms with E-state index in [4.69, 9.17) is 5.73 Å². The van der Waals surface area contributed by atoms with Crippen molar-refractivity contribution in [1.82, 2.24) is 0 Å². The van der Waals surface area contributed by atoms with Crippen molar-refractivity contribution in [1.29, 1.82) is 0 Å². The van der Waals surface area contributed by atoms with Crippen molar-refractivity contribution in [3.63, 3.8) is 0 Å². The number of fused-ring (bicyclic) bond motifs is 1. The Morgan fingerprint density at radius 2 is 2.05 bits per heavy atom. The molecule has 2 aliphatic rings. The van der Waals surface area contributed by atoms with E-state index >= 15 is 0 Å². The Balaban J connectivity index is 1.80. The smallest absolute Gasteiger partial charge is 0.248 e. The van der Waals surface area contributed by atoms with Crippen molar-refractivity contribution in [3.8, 4) is 0 Å². The minimum absolute atomic E-state index is 0.0180. The lowest BCUT2D eigenvalue weighted by atomic mass is 10.1. The number of carbonyl (C=O) groups is 1. The van der Waals surface area contributed by atoms with Crippen LogP contribution in [0.3, 0.4) is 0 Å². The van der Waals surface area contributed by atoms with E-state index in [0.29, 0.717) is 0 Å². The highest BCUT2D eigenvalue weighted by Gasteiger charge is 2.32. The molecule has 0 bridgehead atoms. The van der Waals surface area contributed by atoms with Crippen LogP contribution in [0.5, 0.6) is 0 Å². The van der Waals surface area contributed by atoms with Crippen LogP contribution in [0.15, 0.2) is 18.2 Å². The summed E-state index contributed by atoms with van der Waals surface area (Å²) in [5, 5.41) is 0. The third kappa shape index (κ3) is 2.18. The minimum atomic E-state index is -0.496. The molecular formula is C16H23N3O. The van der Waals surface area contributed by atoms with Crippen LogP contribution in [0.2, 0.25) is 0 Å². The minimum Gasteiger partial charge on any atom is -0.374 e. The van der Waals surface area contributed by atoms with E-state index in [9.17, 15) is 4.79 Å². The summed E-state index contributed by atoms with van der Waals surface area (Å²) in [6.07, 6.45) is 5.43. The Morgan fingerprint density at radius 1 is 1.35 bits per heavy atom. The van der Waals surface area contributed by atoms with Crippen molar-refractivity contribution in [2.24, 2.45) is 11.7 Å². The van der Waals surface area contributed by atoms with Crippen molar-refractivity contribution in [3.05, 3.63) is 23.8 Å². The molecule has 1 aliphatic carbocycles. The number of carbonyl (C=O) groups excluding carboxylic acids is 1. The summed E-state index contributed by atoms with van der Waals surface area (Å²) < 4.78 is 0. The van der Waals surface area contributed by atoms with Crippen LogP contribution in [-0.4, -0.2) is 26.5 Å². The monoisotopic (exact) mass is 273 g/mol. The van der Waals surface area contributed by atoms with Crippen LogP contribution in [0.25, 0.3) is 0 Å². The van der Waals surface area contributed by atoms with Gasteiger partial charge in [-0.15, -0.1) is 0 Å². The molecule has 0 radical (unpaired) electrons. The van der Waals surface area contributed by atoms with Gasteiger partial charge in [-0.1, -0.05) is 18.9 Å². The predicted octanol–water partition coefficient (Wildman–Crippen LogP) is 2.29. The van der Waals surface area contributed by atoms with Gasteiger partial charge in [0, 0.05) is 31.9 Å². The fourth-order valence-corrected chi connectivity index (χ4v) is 3.47. The summed E-state index contributed by atoms with van der Waals surface area (Å²) in [6, 6.07) is 5.68. The van der Waals surface area contributed by atoms with E-state index in [1.54, 1.807) is 11.9 Å². The molecule has 1 aromatic carbocycles. The Hall–Kier alpha value is -1.55. The number of hydrogen-bond acceptors (Lipinski definition) is 3. The molecule has 1 heterocycles. The maximum Gasteiger partial charge on any atom is 0.248 e. The molecular weight excluding hydrogens is 250 g/mol. The fraction of sp³-hybridized carbons (Fsp3) is 0.562. The first-order valence-electron chi connectivity index (χ1n) is 7.46. The molecule has 1 atom stereocenters. The molecule has 0 saturated heterocycles. The summed E-state index contributed by atoms with van der Waals surface area (Å²) in [5.74, 6) is 0.797. The van der Waals surface area contributed by atoms with Gasteiger partial charge < -0.3 is 15.5 Å². The molecule has 108 valence electrons. The van der Waals surface area contributed by atoms with Gasteiger partial charge in [0.1, 0.15) is 6.04 Å². The van der Waals surface area contributed by atoms with Crippen LogP contribution >= 0.6 is 0 Å². The summed E-state index contributed by atoms with van der Waals surface area (Å²) in [7, 11) is 3.94. The van der Waals surface area contributed by atoms with Gasteiger partial charge in [-0.2, -0.15) is 0 Å². The number of benzene rings is 1. The van der Waals surface area contributed by atoms with Gasteiger partial charge in [0.2, 0.25) is 5.91 Å². The molecule has 1 fully saturated rings. The summed E-state index contributed by atoms with van der Waals surface area (Å²) in [5.41, 5.74) is 9.00. The highest BCUT2D eigenvalue weighted by molar-refractivity contribution is 6.04. The number of amides is 1. The molecule has 1 unspecified atom stereocenters. The number of rotatable bonds is 3. The van der Waals surface area contributed by atoms with Crippen molar-refractivity contribution in [2.45, 2.75) is 31.7 Å². The maximum absolute atomic E-state index is 11.9. The van der Waals surface area contributed by atoms with Gasteiger partial charge in [-0.05, 0) is 30.9 Å². The first kappa shape index (κ1) is 13.4. The number of anilines is 2. The van der Waals surface area contributed by atoms with Gasteiger partial charge in [-0.3, -0.25) is 4.79 Å². The molecule has 0 aromatic heterocycles. The Bertz CT molecular complexity index is 522. The number of nitrogens with zero attached hydrogens (tertiary/aromatic N) is 2. The number of likely N-dealkylation sites (N-methyl/N-ethyl adjacent to an activating group) is 1. The van der Waals surface area contributed by atoms with E-state index in [1.165, 1.54) is 31.4 Å². The predicted molar refractivity (Wildman–Crippen MR) is 82.0 cm³/mol. The first-order chi connectivity index (χ1) is 9.58. The quantitative estimate of drug-likeness (QED) is 0.919. The third-order valence-electron chi connectivity index (χ3n) is 4.75. The van der Waals surface area contributed by atoms with Crippen LogP contribution in [0.4, 0.5) is 11.4 Å². The van der Waals surface area contributed by atoms with Gasteiger partial charge in [0.15, 0.2) is 0 Å². The first-order valence-corrected chi connectivity index (χ1v) is 7.46. The zero-order chi connectivity index (χ0) is 14.3. The van der Waals surface area contributed by atoms with E-state index in [0.717, 1.165) is 23.7 Å².